The summed E-state index contributed by atoms with van der Waals surface area (Å²) in [7, 11) is 4.67. The first kappa shape index (κ1) is 22.0. The summed E-state index contributed by atoms with van der Waals surface area (Å²) in [5, 5.41) is 9.74. The Bertz CT molecular complexity index is 1030. The topological polar surface area (TPSA) is 58.4 Å². The van der Waals surface area contributed by atoms with Crippen LogP contribution in [0.15, 0.2) is 48.1 Å². The third kappa shape index (κ3) is 4.55. The second-order valence-electron chi connectivity index (χ2n) is 6.14. The highest BCUT2D eigenvalue weighted by molar-refractivity contribution is 7.98. The van der Waals surface area contributed by atoms with E-state index in [0.29, 0.717) is 45.5 Å². The van der Waals surface area contributed by atoms with Gasteiger partial charge in [-0.3, -0.25) is 4.57 Å². The molecule has 1 aromatic heterocycles. The van der Waals surface area contributed by atoms with Crippen LogP contribution < -0.4 is 14.2 Å². The van der Waals surface area contributed by atoms with Crippen molar-refractivity contribution in [3.8, 4) is 28.6 Å². The zero-order valence-electron chi connectivity index (χ0n) is 16.8. The molecule has 0 N–H and O–H groups in total. The second kappa shape index (κ2) is 9.86. The number of thioether (sulfide) groups is 1. The van der Waals surface area contributed by atoms with Crippen molar-refractivity contribution >= 4 is 23.4 Å². The molecule has 3 aromatic rings. The van der Waals surface area contributed by atoms with Crippen molar-refractivity contribution < 1.29 is 18.6 Å². The monoisotopic (exact) mass is 449 g/mol. The fourth-order valence-corrected chi connectivity index (χ4v) is 4.16. The van der Waals surface area contributed by atoms with Gasteiger partial charge in [0, 0.05) is 22.9 Å². The summed E-state index contributed by atoms with van der Waals surface area (Å²) in [5.41, 5.74) is 1.57. The standard InChI is InChI=1S/C21H21ClFN3O3S/c1-5-8-26-20(14-9-17(27-2)19(29-4)18(10-14)28-3)24-25-21(26)30-12-13-6-7-15(23)11-16(13)22/h5-7,9-11H,1,8,12H2,2-4H3. The fourth-order valence-electron chi connectivity index (χ4n) is 2.89. The fraction of sp³-hybridized carbons (Fsp3) is 0.238. The third-order valence-electron chi connectivity index (χ3n) is 4.32. The second-order valence-corrected chi connectivity index (χ2v) is 7.49. The number of nitrogens with zero attached hydrogens (tertiary/aromatic N) is 3. The summed E-state index contributed by atoms with van der Waals surface area (Å²) >= 11 is 7.59. The van der Waals surface area contributed by atoms with Gasteiger partial charge in [-0.15, -0.1) is 16.8 Å². The average Bonchev–Trinajstić information content (AvgIpc) is 3.14. The van der Waals surface area contributed by atoms with Crippen LogP contribution in [-0.4, -0.2) is 36.1 Å². The van der Waals surface area contributed by atoms with Crippen LogP contribution in [0, 0.1) is 5.82 Å². The average molecular weight is 450 g/mol. The van der Waals surface area contributed by atoms with Crippen molar-refractivity contribution in [1.29, 1.82) is 0 Å². The van der Waals surface area contributed by atoms with E-state index in [0.717, 1.165) is 11.1 Å². The first-order chi connectivity index (χ1) is 14.5. The minimum Gasteiger partial charge on any atom is -0.493 e. The van der Waals surface area contributed by atoms with Crippen LogP contribution >= 0.6 is 23.4 Å². The molecule has 0 aliphatic heterocycles. The molecule has 158 valence electrons. The molecule has 0 radical (unpaired) electrons. The number of aromatic nitrogens is 3. The minimum absolute atomic E-state index is 0.367. The number of ether oxygens (including phenoxy) is 3. The highest BCUT2D eigenvalue weighted by atomic mass is 35.5. The molecule has 0 fully saturated rings. The van der Waals surface area contributed by atoms with E-state index in [2.05, 4.69) is 16.8 Å². The van der Waals surface area contributed by atoms with Gasteiger partial charge in [-0.25, -0.2) is 4.39 Å². The Balaban J connectivity index is 1.97. The molecule has 0 bridgehead atoms. The van der Waals surface area contributed by atoms with Crippen molar-refractivity contribution in [2.75, 3.05) is 21.3 Å². The maximum atomic E-state index is 13.3. The van der Waals surface area contributed by atoms with Gasteiger partial charge >= 0.3 is 0 Å². The van der Waals surface area contributed by atoms with Gasteiger partial charge in [0.1, 0.15) is 5.82 Å². The van der Waals surface area contributed by atoms with Crippen LogP contribution in [0.4, 0.5) is 4.39 Å². The molecule has 0 unspecified atom stereocenters. The van der Waals surface area contributed by atoms with E-state index in [4.69, 9.17) is 25.8 Å². The summed E-state index contributed by atoms with van der Waals surface area (Å²) in [6, 6.07) is 7.98. The van der Waals surface area contributed by atoms with E-state index in [1.54, 1.807) is 33.5 Å². The van der Waals surface area contributed by atoms with Gasteiger partial charge in [0.2, 0.25) is 5.75 Å². The highest BCUT2D eigenvalue weighted by Crippen LogP contribution is 2.41. The first-order valence-electron chi connectivity index (χ1n) is 8.93. The van der Waals surface area contributed by atoms with E-state index < -0.39 is 0 Å². The van der Waals surface area contributed by atoms with Crippen LogP contribution in [0.2, 0.25) is 5.02 Å². The number of methoxy groups -OCH3 is 3. The van der Waals surface area contributed by atoms with Crippen LogP contribution in [0.5, 0.6) is 17.2 Å². The number of benzene rings is 2. The van der Waals surface area contributed by atoms with Crippen LogP contribution in [0.3, 0.4) is 0 Å². The zero-order valence-corrected chi connectivity index (χ0v) is 18.4. The summed E-state index contributed by atoms with van der Waals surface area (Å²) in [6.07, 6.45) is 1.76. The molecular weight excluding hydrogens is 429 g/mol. The predicted molar refractivity (Wildman–Crippen MR) is 116 cm³/mol. The SMILES string of the molecule is C=CCn1c(SCc2ccc(F)cc2Cl)nnc1-c1cc(OC)c(OC)c(OC)c1. The molecule has 9 heteroatoms. The Morgan fingerprint density at radius 2 is 1.80 bits per heavy atom. The van der Waals surface area contributed by atoms with Crippen molar-refractivity contribution in [1.82, 2.24) is 14.8 Å². The number of halogens is 2. The molecule has 0 amide bonds. The Morgan fingerprint density at radius 3 is 2.37 bits per heavy atom. The van der Waals surface area contributed by atoms with E-state index >= 15 is 0 Å². The zero-order chi connectivity index (χ0) is 21.7. The van der Waals surface area contributed by atoms with Gasteiger partial charge < -0.3 is 14.2 Å². The molecule has 0 aliphatic rings. The summed E-state index contributed by atoms with van der Waals surface area (Å²) < 4.78 is 31.5. The Labute approximate surface area is 183 Å². The van der Waals surface area contributed by atoms with Gasteiger partial charge in [0.05, 0.1) is 21.3 Å². The Morgan fingerprint density at radius 1 is 1.10 bits per heavy atom. The van der Waals surface area contributed by atoms with Crippen molar-refractivity contribution in [2.24, 2.45) is 0 Å². The van der Waals surface area contributed by atoms with Crippen LogP contribution in [0.1, 0.15) is 5.56 Å². The van der Waals surface area contributed by atoms with Gasteiger partial charge in [0.25, 0.3) is 0 Å². The lowest BCUT2D eigenvalue weighted by molar-refractivity contribution is 0.324. The lowest BCUT2D eigenvalue weighted by Gasteiger charge is -2.14. The van der Waals surface area contributed by atoms with Crippen LogP contribution in [0.25, 0.3) is 11.4 Å². The molecule has 1 heterocycles. The smallest absolute Gasteiger partial charge is 0.203 e. The van der Waals surface area contributed by atoms with E-state index in [-0.39, 0.29) is 5.82 Å². The predicted octanol–water partition coefficient (Wildman–Crippen LogP) is 5.24. The van der Waals surface area contributed by atoms with Crippen molar-refractivity contribution in [3.63, 3.8) is 0 Å². The maximum Gasteiger partial charge on any atom is 0.203 e. The largest absolute Gasteiger partial charge is 0.493 e. The van der Waals surface area contributed by atoms with Crippen LogP contribution in [-0.2, 0) is 12.3 Å². The summed E-state index contributed by atoms with van der Waals surface area (Å²) in [4.78, 5) is 0. The summed E-state index contributed by atoms with van der Waals surface area (Å²) in [6.45, 7) is 4.33. The van der Waals surface area contributed by atoms with Crippen molar-refractivity contribution in [3.05, 3.63) is 59.4 Å². The Hall–Kier alpha value is -2.71. The molecule has 2 aromatic carbocycles. The lowest BCUT2D eigenvalue weighted by atomic mass is 10.1. The molecule has 0 aliphatic carbocycles. The molecule has 30 heavy (non-hydrogen) atoms. The van der Waals surface area contributed by atoms with Crippen molar-refractivity contribution in [2.45, 2.75) is 17.5 Å². The number of rotatable bonds is 9. The molecule has 0 saturated heterocycles. The van der Waals surface area contributed by atoms with Gasteiger partial charge in [-0.1, -0.05) is 35.5 Å². The number of allylic oxidation sites excluding steroid dienone is 1. The van der Waals surface area contributed by atoms with Gasteiger partial charge in [-0.05, 0) is 29.8 Å². The van der Waals surface area contributed by atoms with E-state index in [1.165, 1.54) is 23.9 Å². The Kier molecular flexibility index (Phi) is 7.23. The maximum absolute atomic E-state index is 13.3. The minimum atomic E-state index is -0.367. The van der Waals surface area contributed by atoms with Gasteiger partial charge in [-0.2, -0.15) is 0 Å². The summed E-state index contributed by atoms with van der Waals surface area (Å²) in [5.74, 6) is 2.32. The molecule has 6 nitrogen and oxygen atoms in total. The third-order valence-corrected chi connectivity index (χ3v) is 5.69. The number of hydrogen-bond donors (Lipinski definition) is 0. The quantitative estimate of drug-likeness (QED) is 0.329. The highest BCUT2D eigenvalue weighted by Gasteiger charge is 2.19. The lowest BCUT2D eigenvalue weighted by Crippen LogP contribution is -2.02. The normalized spacial score (nSPS) is 10.7. The van der Waals surface area contributed by atoms with Gasteiger partial charge in [0.15, 0.2) is 22.5 Å². The molecular formula is C21H21ClFN3O3S. The van der Waals surface area contributed by atoms with E-state index in [9.17, 15) is 4.39 Å². The molecule has 3 rings (SSSR count). The molecule has 0 spiro atoms. The first-order valence-corrected chi connectivity index (χ1v) is 10.3. The molecule has 0 atom stereocenters. The molecule has 0 saturated carbocycles. The number of hydrogen-bond acceptors (Lipinski definition) is 6. The van der Waals surface area contributed by atoms with E-state index in [1.807, 2.05) is 16.7 Å².